The number of hydrogen-bond donors (Lipinski definition) is 1. The van der Waals surface area contributed by atoms with Gasteiger partial charge in [0.1, 0.15) is 17.7 Å². The third-order valence-electron chi connectivity index (χ3n) is 16.4. The van der Waals surface area contributed by atoms with E-state index in [1.807, 2.05) is 24.3 Å². The maximum Gasteiger partial charge on any atom is 0.261 e. The summed E-state index contributed by atoms with van der Waals surface area (Å²) in [5.74, 6) is 0.121. The molecule has 0 saturated carbocycles. The molecule has 0 bridgehead atoms. The molecule has 2 saturated heterocycles. The minimum Gasteiger partial charge on any atom is -0.497 e. The molecule has 8 rings (SSSR count). The molecule has 0 unspecified atom stereocenters. The van der Waals surface area contributed by atoms with Crippen LogP contribution in [0.15, 0.2) is 162 Å². The average Bonchev–Trinajstić information content (AvgIpc) is 4.03. The van der Waals surface area contributed by atoms with E-state index in [1.54, 1.807) is 27.6 Å². The van der Waals surface area contributed by atoms with Gasteiger partial charge in [-0.3, -0.25) is 0 Å². The third-order valence-corrected chi connectivity index (χ3v) is 26.5. The molecule has 0 radical (unpaired) electrons. The van der Waals surface area contributed by atoms with Gasteiger partial charge in [-0.1, -0.05) is 189 Å². The molecule has 11 nitrogen and oxygen atoms in total. The van der Waals surface area contributed by atoms with E-state index in [9.17, 15) is 5.11 Å². The molecule has 3 heterocycles. The molecular weight excluding hydrogens is 1010 g/mol. The van der Waals surface area contributed by atoms with Crippen LogP contribution in [0.1, 0.15) is 98.7 Å². The van der Waals surface area contributed by atoms with Crippen molar-refractivity contribution < 1.29 is 46.8 Å². The second kappa shape index (κ2) is 25.6. The van der Waals surface area contributed by atoms with Crippen LogP contribution in [0.4, 0.5) is 0 Å². The van der Waals surface area contributed by atoms with Crippen molar-refractivity contribution in [3.05, 3.63) is 175 Å². The van der Waals surface area contributed by atoms with E-state index in [2.05, 4.69) is 190 Å². The first-order valence-corrected chi connectivity index (χ1v) is 31.7. The number of aromatic nitrogens is 1. The van der Waals surface area contributed by atoms with Crippen molar-refractivity contribution >= 4 is 43.5 Å². The van der Waals surface area contributed by atoms with Crippen molar-refractivity contribution in [1.29, 1.82) is 0 Å². The second-order valence-electron chi connectivity index (χ2n) is 23.5. The Morgan fingerprint density at radius 2 is 1.28 bits per heavy atom. The first-order valence-electron chi connectivity index (χ1n) is 27.8. The van der Waals surface area contributed by atoms with E-state index in [4.69, 9.17) is 46.7 Å². The van der Waals surface area contributed by atoms with E-state index >= 15 is 0 Å². The molecule has 2 fully saturated rings. The lowest BCUT2D eigenvalue weighted by molar-refractivity contribution is -0.301. The molecule has 6 aromatic rings. The number of nitrogens with zero attached hydrogens (tertiary/aromatic N) is 1. The van der Waals surface area contributed by atoms with Crippen molar-refractivity contribution in [3.63, 3.8) is 0 Å². The molecule has 9 atom stereocenters. The quantitative estimate of drug-likeness (QED) is 0.0655. The Bertz CT molecular complexity index is 2720. The van der Waals surface area contributed by atoms with E-state index < -0.39 is 34.6 Å². The van der Waals surface area contributed by atoms with Crippen LogP contribution in [0.2, 0.25) is 10.1 Å². The summed E-state index contributed by atoms with van der Waals surface area (Å²) in [6.45, 7) is 20.9. The summed E-state index contributed by atoms with van der Waals surface area (Å²) in [6, 6.07) is 50.5. The minimum absolute atomic E-state index is 0.00409. The van der Waals surface area contributed by atoms with Crippen molar-refractivity contribution in [2.75, 3.05) is 34.5 Å². The standard InChI is InChI=1S/C65H85NO10Si2/c1-46(39-50-45-71-60(66-50)42-65(70-12)41-52(69-11)40-58(75-65)59(43-67)76-78(64(7,8)9,55-29-21-15-22-30-55)56-31-23-16-24-32-56)61-48(3)62(72-44-49-33-35-51(68-10)36-34-49)47(2)57(74-61)37-38-73-77(63(4,5)6,53-25-17-13-18-26-53)54-27-19-14-20-28-54/h13-36,39,45,47-48,52,57-59,61-62,67H,37-38,40-44H2,1-12H3/b46-39+/t47-,48-,52+,57+,58+,59+,61-,62-,65-/m0/s1. The summed E-state index contributed by atoms with van der Waals surface area (Å²) in [6.07, 6.45) is 3.41. The Balaban J connectivity index is 1.04. The van der Waals surface area contributed by atoms with E-state index in [1.165, 1.54) is 10.4 Å². The SMILES string of the molecule is COc1ccc(CO[C@H]2[C@@H](C)[C@@H](CCO[Si](c3ccccc3)(c3ccccc3)C(C)(C)C)O[C@@H](/C(C)=C/c3coc(C[C@]4(OC)C[C@H](OC)C[C@H]([C@@H](CO)O[Si](c5ccccc5)(c5ccccc5)C(C)(C)C)O4)n3)[C@@H]2C)cc1. The van der Waals surface area contributed by atoms with Crippen LogP contribution in [0.5, 0.6) is 5.75 Å². The first kappa shape index (κ1) is 59.1. The number of aliphatic hydroxyl groups is 1. The Morgan fingerprint density at radius 1 is 0.744 bits per heavy atom. The molecule has 78 heavy (non-hydrogen) atoms. The summed E-state index contributed by atoms with van der Waals surface area (Å²) in [5, 5.41) is 15.6. The smallest absolute Gasteiger partial charge is 0.261 e. The highest BCUT2D eigenvalue weighted by atomic mass is 28.4. The number of oxazole rings is 1. The number of hydrogen-bond acceptors (Lipinski definition) is 11. The number of methoxy groups -OCH3 is 3. The average molecular weight is 1100 g/mol. The largest absolute Gasteiger partial charge is 0.497 e. The molecule has 13 heteroatoms. The van der Waals surface area contributed by atoms with Crippen molar-refractivity contribution in [2.45, 2.75) is 147 Å². The Labute approximate surface area is 466 Å². The van der Waals surface area contributed by atoms with Crippen molar-refractivity contribution in [3.8, 4) is 5.75 Å². The highest BCUT2D eigenvalue weighted by Gasteiger charge is 2.55. The second-order valence-corrected chi connectivity index (χ2v) is 32.1. The van der Waals surface area contributed by atoms with Gasteiger partial charge in [0, 0.05) is 45.5 Å². The Kier molecular flexibility index (Phi) is 19.4. The maximum atomic E-state index is 11.3. The molecule has 2 aliphatic heterocycles. The lowest BCUT2D eigenvalue weighted by Crippen LogP contribution is -2.69. The minimum atomic E-state index is -3.08. The van der Waals surface area contributed by atoms with Crippen LogP contribution < -0.4 is 25.5 Å². The summed E-state index contributed by atoms with van der Waals surface area (Å²) in [7, 11) is -0.844. The van der Waals surface area contributed by atoms with Crippen LogP contribution in [0.3, 0.4) is 0 Å². The van der Waals surface area contributed by atoms with Crippen LogP contribution in [0.25, 0.3) is 6.08 Å². The van der Waals surface area contributed by atoms with Gasteiger partial charge in [0.15, 0.2) is 11.7 Å². The number of benzene rings is 5. The number of ether oxygens (including phenoxy) is 6. The molecule has 1 aromatic heterocycles. The van der Waals surface area contributed by atoms with Gasteiger partial charge in [-0.15, -0.1) is 0 Å². The topological polar surface area (TPSA) is 120 Å². The molecule has 0 spiro atoms. The predicted molar refractivity (Wildman–Crippen MR) is 315 cm³/mol. The highest BCUT2D eigenvalue weighted by molar-refractivity contribution is 7.00. The van der Waals surface area contributed by atoms with E-state index in [0.29, 0.717) is 44.1 Å². The molecule has 0 amide bonds. The zero-order valence-corrected chi connectivity index (χ0v) is 50.1. The lowest BCUT2D eigenvalue weighted by atomic mass is 9.79. The van der Waals surface area contributed by atoms with E-state index in [-0.39, 0.29) is 59.4 Å². The highest BCUT2D eigenvalue weighted by Crippen LogP contribution is 2.43. The molecule has 418 valence electrons. The Morgan fingerprint density at radius 3 is 1.77 bits per heavy atom. The lowest BCUT2D eigenvalue weighted by Gasteiger charge is -2.49. The molecule has 5 aromatic carbocycles. The maximum absolute atomic E-state index is 11.3. The van der Waals surface area contributed by atoms with Gasteiger partial charge >= 0.3 is 0 Å². The summed E-state index contributed by atoms with van der Waals surface area (Å²) < 4.78 is 60.3. The van der Waals surface area contributed by atoms with Gasteiger partial charge in [0.05, 0.1) is 63.4 Å². The van der Waals surface area contributed by atoms with Crippen LogP contribution >= 0.6 is 0 Å². The molecular formula is C65H85NO10Si2. The summed E-state index contributed by atoms with van der Waals surface area (Å²) in [5.41, 5.74) is 2.74. The van der Waals surface area contributed by atoms with Crippen molar-refractivity contribution in [2.24, 2.45) is 11.8 Å². The predicted octanol–water partition coefficient (Wildman–Crippen LogP) is 10.7. The van der Waals surface area contributed by atoms with Gasteiger partial charge in [-0.2, -0.15) is 0 Å². The van der Waals surface area contributed by atoms with Gasteiger partial charge in [-0.05, 0) is 73.5 Å². The van der Waals surface area contributed by atoms with Crippen LogP contribution in [0, 0.1) is 11.8 Å². The van der Waals surface area contributed by atoms with Gasteiger partial charge in [-0.25, -0.2) is 4.98 Å². The van der Waals surface area contributed by atoms with E-state index in [0.717, 1.165) is 27.3 Å². The molecule has 1 N–H and O–H groups in total. The fraction of sp³-hybridized carbons (Fsp3) is 0.462. The van der Waals surface area contributed by atoms with Gasteiger partial charge in [0.2, 0.25) is 0 Å². The fourth-order valence-electron chi connectivity index (χ4n) is 12.4. The first-order chi connectivity index (χ1) is 37.4. The zero-order valence-electron chi connectivity index (χ0n) is 48.1. The third kappa shape index (κ3) is 12.8. The van der Waals surface area contributed by atoms with Crippen LogP contribution in [-0.4, -0.2) is 104 Å². The monoisotopic (exact) mass is 1100 g/mol. The van der Waals surface area contributed by atoms with Crippen molar-refractivity contribution in [1.82, 2.24) is 4.98 Å². The zero-order chi connectivity index (χ0) is 55.7. The van der Waals surface area contributed by atoms with Gasteiger partial charge < -0.3 is 46.8 Å². The molecule has 2 aliphatic rings. The van der Waals surface area contributed by atoms with Gasteiger partial charge in [0.25, 0.3) is 16.6 Å². The molecule has 0 aliphatic carbocycles. The summed E-state index contributed by atoms with van der Waals surface area (Å²) in [4.78, 5) is 5.04. The normalized spacial score (nSPS) is 24.0. The number of aliphatic hydroxyl groups excluding tert-OH is 1. The fourth-order valence-corrected chi connectivity index (χ4v) is 21.7. The Hall–Kier alpha value is -5.04. The van der Waals surface area contributed by atoms with Crippen LogP contribution in [-0.2, 0) is 45.6 Å². The number of rotatable bonds is 22. The summed E-state index contributed by atoms with van der Waals surface area (Å²) >= 11 is 0.